The molecular weight excluding hydrogens is 294 g/mol. The average molecular weight is 320 g/mol. The van der Waals surface area contributed by atoms with E-state index in [9.17, 15) is 0 Å². The van der Waals surface area contributed by atoms with E-state index < -0.39 is 8.07 Å². The van der Waals surface area contributed by atoms with Gasteiger partial charge >= 0.3 is 0 Å². The fourth-order valence-electron chi connectivity index (χ4n) is 3.02. The van der Waals surface area contributed by atoms with Crippen LogP contribution in [0.25, 0.3) is 22.0 Å². The Morgan fingerprint density at radius 3 is 2.35 bits per heavy atom. The van der Waals surface area contributed by atoms with Gasteiger partial charge in [0.1, 0.15) is 0 Å². The lowest BCUT2D eigenvalue weighted by Crippen LogP contribution is -2.37. The van der Waals surface area contributed by atoms with Crippen molar-refractivity contribution in [2.24, 2.45) is 0 Å². The molecule has 1 heterocycles. The lowest BCUT2D eigenvalue weighted by Gasteiger charge is -2.18. The summed E-state index contributed by atoms with van der Waals surface area (Å²) in [7, 11) is -1.33. The third-order valence-electron chi connectivity index (χ3n) is 4.44. The number of benzene rings is 2. The first-order valence-electron chi connectivity index (χ1n) is 8.36. The van der Waals surface area contributed by atoms with Crippen molar-refractivity contribution in [3.05, 3.63) is 60.3 Å². The van der Waals surface area contributed by atoms with Crippen molar-refractivity contribution >= 4 is 24.0 Å². The lowest BCUT2D eigenvalue weighted by atomic mass is 9.93. The van der Waals surface area contributed by atoms with Gasteiger partial charge in [0.2, 0.25) is 0 Å². The van der Waals surface area contributed by atoms with E-state index in [2.05, 4.69) is 87.0 Å². The van der Waals surface area contributed by atoms with Gasteiger partial charge in [0.15, 0.2) is 0 Å². The molecule has 0 aliphatic carbocycles. The van der Waals surface area contributed by atoms with Crippen LogP contribution >= 0.6 is 0 Å². The largest absolute Gasteiger partial charge is 0.256 e. The third kappa shape index (κ3) is 3.23. The van der Waals surface area contributed by atoms with Crippen molar-refractivity contribution in [3.63, 3.8) is 0 Å². The molecule has 0 bridgehead atoms. The highest BCUT2D eigenvalue weighted by Crippen LogP contribution is 2.31. The number of hydrogen-bond acceptors (Lipinski definition) is 1. The highest BCUT2D eigenvalue weighted by molar-refractivity contribution is 6.88. The second-order valence-electron chi connectivity index (χ2n) is 7.62. The molecule has 1 nitrogen and oxygen atoms in total. The van der Waals surface area contributed by atoms with Crippen molar-refractivity contribution in [1.29, 1.82) is 0 Å². The average Bonchev–Trinajstić information content (AvgIpc) is 2.53. The Morgan fingerprint density at radius 2 is 1.65 bits per heavy atom. The van der Waals surface area contributed by atoms with Crippen LogP contribution in [-0.4, -0.2) is 13.1 Å². The van der Waals surface area contributed by atoms with Crippen molar-refractivity contribution in [2.45, 2.75) is 39.4 Å². The Balaban J connectivity index is 2.21. The quantitative estimate of drug-likeness (QED) is 0.575. The van der Waals surface area contributed by atoms with Gasteiger partial charge < -0.3 is 0 Å². The van der Waals surface area contributed by atoms with Crippen molar-refractivity contribution in [1.82, 2.24) is 4.98 Å². The standard InChI is InChI=1S/C21H25NSi/c1-15(2)20-13-17(12-16-8-6-7-9-19(16)20)21-14-18(10-11-22-21)23(3,4)5/h6-15H,1-5H3. The maximum atomic E-state index is 4.65. The van der Waals surface area contributed by atoms with Crippen LogP contribution in [0, 0.1) is 0 Å². The molecule has 0 spiro atoms. The third-order valence-corrected chi connectivity index (χ3v) is 6.48. The molecule has 2 heteroatoms. The van der Waals surface area contributed by atoms with E-state index in [1.807, 2.05) is 6.20 Å². The Bertz CT molecular complexity index is 844. The van der Waals surface area contributed by atoms with Crippen LogP contribution in [0.1, 0.15) is 25.3 Å². The molecule has 0 radical (unpaired) electrons. The van der Waals surface area contributed by atoms with Crippen LogP contribution < -0.4 is 5.19 Å². The zero-order chi connectivity index (χ0) is 16.6. The minimum absolute atomic E-state index is 0.500. The second-order valence-corrected chi connectivity index (χ2v) is 12.7. The first kappa shape index (κ1) is 15.9. The molecule has 0 unspecified atom stereocenters. The predicted molar refractivity (Wildman–Crippen MR) is 104 cm³/mol. The molecule has 0 saturated carbocycles. The number of rotatable bonds is 3. The van der Waals surface area contributed by atoms with E-state index in [4.69, 9.17) is 0 Å². The molecule has 0 aliphatic rings. The van der Waals surface area contributed by atoms with Crippen LogP contribution in [0.3, 0.4) is 0 Å². The number of pyridine rings is 1. The van der Waals surface area contributed by atoms with Gasteiger partial charge in [0.25, 0.3) is 0 Å². The molecule has 1 aromatic heterocycles. The number of aromatic nitrogens is 1. The highest BCUT2D eigenvalue weighted by Gasteiger charge is 2.17. The molecule has 3 aromatic rings. The van der Waals surface area contributed by atoms with Crippen LogP contribution in [0.15, 0.2) is 54.7 Å². The van der Waals surface area contributed by atoms with E-state index >= 15 is 0 Å². The molecule has 118 valence electrons. The summed E-state index contributed by atoms with van der Waals surface area (Å²) in [5.74, 6) is 0.500. The molecule has 3 rings (SSSR count). The van der Waals surface area contributed by atoms with E-state index in [-0.39, 0.29) is 0 Å². The number of nitrogens with zero attached hydrogens (tertiary/aromatic N) is 1. The molecular formula is C21H25NSi. The topological polar surface area (TPSA) is 12.9 Å². The normalized spacial score (nSPS) is 12.1. The summed E-state index contributed by atoms with van der Waals surface area (Å²) < 4.78 is 0. The van der Waals surface area contributed by atoms with E-state index in [0.29, 0.717) is 5.92 Å². The summed E-state index contributed by atoms with van der Waals surface area (Å²) in [6, 6.07) is 17.7. The maximum absolute atomic E-state index is 4.65. The van der Waals surface area contributed by atoms with Crippen LogP contribution in [0.5, 0.6) is 0 Å². The smallest absolute Gasteiger partial charge is 0.0777 e. The fraction of sp³-hybridized carbons (Fsp3) is 0.286. The maximum Gasteiger partial charge on any atom is 0.0777 e. The van der Waals surface area contributed by atoms with Gasteiger partial charge in [0.05, 0.1) is 13.8 Å². The van der Waals surface area contributed by atoms with Crippen LogP contribution in [-0.2, 0) is 0 Å². The number of fused-ring (bicyclic) bond motifs is 1. The first-order valence-corrected chi connectivity index (χ1v) is 11.9. The van der Waals surface area contributed by atoms with Gasteiger partial charge in [-0.25, -0.2) is 0 Å². The van der Waals surface area contributed by atoms with Gasteiger partial charge in [-0.1, -0.05) is 62.9 Å². The van der Waals surface area contributed by atoms with Gasteiger partial charge in [0, 0.05) is 11.8 Å². The SMILES string of the molecule is CC(C)c1cc(-c2cc([Si](C)(C)C)ccn2)cc2ccccc12. The zero-order valence-electron chi connectivity index (χ0n) is 14.7. The van der Waals surface area contributed by atoms with E-state index in [0.717, 1.165) is 5.69 Å². The summed E-state index contributed by atoms with van der Waals surface area (Å²) >= 11 is 0. The Labute approximate surface area is 140 Å². The van der Waals surface area contributed by atoms with Crippen LogP contribution in [0.2, 0.25) is 19.6 Å². The Hall–Kier alpha value is -1.93. The molecule has 0 N–H and O–H groups in total. The summed E-state index contributed by atoms with van der Waals surface area (Å²) in [4.78, 5) is 4.65. The van der Waals surface area contributed by atoms with Crippen molar-refractivity contribution in [2.75, 3.05) is 0 Å². The summed E-state index contributed by atoms with van der Waals surface area (Å²) in [6.45, 7) is 11.7. The molecule has 0 atom stereocenters. The summed E-state index contributed by atoms with van der Waals surface area (Å²) in [6.07, 6.45) is 1.97. The Morgan fingerprint density at radius 1 is 0.913 bits per heavy atom. The van der Waals surface area contributed by atoms with Gasteiger partial charge in [-0.3, -0.25) is 4.98 Å². The van der Waals surface area contributed by atoms with Gasteiger partial charge in [-0.15, -0.1) is 0 Å². The summed E-state index contributed by atoms with van der Waals surface area (Å²) in [5.41, 5.74) is 3.73. The second kappa shape index (κ2) is 5.93. The van der Waals surface area contributed by atoms with E-state index in [1.165, 1.54) is 27.1 Å². The van der Waals surface area contributed by atoms with Gasteiger partial charge in [-0.05, 0) is 46.5 Å². The number of hydrogen-bond donors (Lipinski definition) is 0. The van der Waals surface area contributed by atoms with Crippen molar-refractivity contribution in [3.8, 4) is 11.3 Å². The van der Waals surface area contributed by atoms with Crippen LogP contribution in [0.4, 0.5) is 0 Å². The molecule has 23 heavy (non-hydrogen) atoms. The molecule has 2 aromatic carbocycles. The minimum Gasteiger partial charge on any atom is -0.256 e. The Kier molecular flexibility index (Phi) is 4.11. The molecule has 0 amide bonds. The van der Waals surface area contributed by atoms with E-state index in [1.54, 1.807) is 0 Å². The zero-order valence-corrected chi connectivity index (χ0v) is 15.7. The lowest BCUT2D eigenvalue weighted by molar-refractivity contribution is 0.876. The fourth-order valence-corrected chi connectivity index (χ4v) is 4.16. The minimum atomic E-state index is -1.33. The predicted octanol–water partition coefficient (Wildman–Crippen LogP) is 5.57. The summed E-state index contributed by atoms with van der Waals surface area (Å²) in [5, 5.41) is 4.11. The monoisotopic (exact) mass is 319 g/mol. The molecule has 0 fully saturated rings. The first-order chi connectivity index (χ1) is 10.9. The molecule has 0 saturated heterocycles. The van der Waals surface area contributed by atoms with Crippen molar-refractivity contribution < 1.29 is 0 Å². The highest BCUT2D eigenvalue weighted by atomic mass is 28.3. The molecule has 0 aliphatic heterocycles. The van der Waals surface area contributed by atoms with Gasteiger partial charge in [-0.2, -0.15) is 0 Å².